The molecule has 0 saturated heterocycles. The van der Waals surface area contributed by atoms with E-state index in [2.05, 4.69) is 9.71 Å². The zero-order valence-corrected chi connectivity index (χ0v) is 15.2. The number of likely N-dealkylation sites (N-methyl/N-ethyl adjacent to an activating group) is 1. The number of nitrogens with one attached hydrogen (secondary N) is 1. The molecule has 1 aromatic carbocycles. The Morgan fingerprint density at radius 3 is 2.64 bits per heavy atom. The first-order valence-electron chi connectivity index (χ1n) is 7.62. The van der Waals surface area contributed by atoms with Gasteiger partial charge in [-0.15, -0.1) is 0 Å². The number of ether oxygens (including phenoxy) is 1. The number of hydrogen-bond acceptors (Lipinski definition) is 5. The Bertz CT molecular complexity index is 836. The number of rotatable bonds is 7. The third-order valence-electron chi connectivity index (χ3n) is 3.50. The van der Waals surface area contributed by atoms with Crippen LogP contribution in [0.2, 0.25) is 0 Å². The maximum Gasteiger partial charge on any atom is 0.259 e. The van der Waals surface area contributed by atoms with Gasteiger partial charge < -0.3 is 9.64 Å². The average Bonchev–Trinajstić information content (AvgIpc) is 2.59. The molecule has 0 aliphatic heterocycles. The molecule has 0 unspecified atom stereocenters. The van der Waals surface area contributed by atoms with Gasteiger partial charge in [0.05, 0.1) is 4.90 Å². The predicted molar refractivity (Wildman–Crippen MR) is 93.6 cm³/mol. The maximum atomic E-state index is 12.4. The van der Waals surface area contributed by atoms with Crippen LogP contribution in [0.25, 0.3) is 0 Å². The number of aromatic nitrogens is 1. The van der Waals surface area contributed by atoms with Crippen molar-refractivity contribution in [2.24, 2.45) is 0 Å². The molecule has 1 amide bonds. The minimum atomic E-state index is -3.65. The number of pyridine rings is 1. The van der Waals surface area contributed by atoms with E-state index in [4.69, 9.17) is 4.74 Å². The second kappa shape index (κ2) is 8.09. The SMILES string of the molecule is Cc1cc(S(=O)(=O)NCc2cccnc2)ccc1OCC(=O)N(C)C. The zero-order valence-electron chi connectivity index (χ0n) is 14.4. The molecular formula is C17H21N3O4S. The van der Waals surface area contributed by atoms with Crippen LogP contribution in [0.3, 0.4) is 0 Å². The first-order chi connectivity index (χ1) is 11.8. The minimum absolute atomic E-state index is 0.0980. The van der Waals surface area contributed by atoms with Gasteiger partial charge in [-0.3, -0.25) is 9.78 Å². The van der Waals surface area contributed by atoms with Gasteiger partial charge in [0.15, 0.2) is 6.61 Å². The van der Waals surface area contributed by atoms with Crippen LogP contribution in [-0.4, -0.2) is 44.9 Å². The van der Waals surface area contributed by atoms with E-state index >= 15 is 0 Å². The maximum absolute atomic E-state index is 12.4. The second-order valence-corrected chi connectivity index (χ2v) is 7.46. The van der Waals surface area contributed by atoms with E-state index in [1.807, 2.05) is 0 Å². The Morgan fingerprint density at radius 2 is 2.04 bits per heavy atom. The summed E-state index contributed by atoms with van der Waals surface area (Å²) in [5, 5.41) is 0. The summed E-state index contributed by atoms with van der Waals surface area (Å²) >= 11 is 0. The number of benzene rings is 1. The molecule has 2 rings (SSSR count). The summed E-state index contributed by atoms with van der Waals surface area (Å²) in [6.45, 7) is 1.79. The van der Waals surface area contributed by atoms with E-state index in [0.29, 0.717) is 11.3 Å². The van der Waals surface area contributed by atoms with E-state index in [1.54, 1.807) is 51.6 Å². The Balaban J connectivity index is 2.06. The third-order valence-corrected chi connectivity index (χ3v) is 4.89. The topological polar surface area (TPSA) is 88.6 Å². The van der Waals surface area contributed by atoms with E-state index in [9.17, 15) is 13.2 Å². The summed E-state index contributed by atoms with van der Waals surface area (Å²) in [6.07, 6.45) is 3.23. The lowest BCUT2D eigenvalue weighted by Gasteiger charge is -2.14. The van der Waals surface area contributed by atoms with Crippen LogP contribution in [0.5, 0.6) is 5.75 Å². The fourth-order valence-electron chi connectivity index (χ4n) is 1.98. The lowest BCUT2D eigenvalue weighted by atomic mass is 10.2. The Hall–Kier alpha value is -2.45. The van der Waals surface area contributed by atoms with Crippen molar-refractivity contribution < 1.29 is 17.9 Å². The zero-order chi connectivity index (χ0) is 18.4. The molecule has 0 spiro atoms. The van der Waals surface area contributed by atoms with Crippen molar-refractivity contribution in [3.05, 3.63) is 53.9 Å². The van der Waals surface area contributed by atoms with Crippen LogP contribution in [0.4, 0.5) is 0 Å². The van der Waals surface area contributed by atoms with Gasteiger partial charge in [-0.2, -0.15) is 0 Å². The van der Waals surface area contributed by atoms with E-state index in [0.717, 1.165) is 5.56 Å². The molecule has 1 heterocycles. The quantitative estimate of drug-likeness (QED) is 0.802. The molecule has 0 saturated carbocycles. The van der Waals surface area contributed by atoms with Gasteiger partial charge in [-0.05, 0) is 42.3 Å². The highest BCUT2D eigenvalue weighted by atomic mass is 32.2. The highest BCUT2D eigenvalue weighted by Gasteiger charge is 2.16. The first-order valence-corrected chi connectivity index (χ1v) is 9.10. The normalized spacial score (nSPS) is 11.2. The van der Waals surface area contributed by atoms with Crippen LogP contribution in [0.1, 0.15) is 11.1 Å². The molecule has 1 N–H and O–H groups in total. The number of carbonyl (C=O) groups is 1. The average molecular weight is 363 g/mol. The number of aryl methyl sites for hydroxylation is 1. The van der Waals surface area contributed by atoms with Gasteiger partial charge >= 0.3 is 0 Å². The first kappa shape index (κ1) is 18.9. The number of amides is 1. The van der Waals surface area contributed by atoms with Gasteiger partial charge in [0.2, 0.25) is 10.0 Å². The predicted octanol–water partition coefficient (Wildman–Crippen LogP) is 1.34. The molecular weight excluding hydrogens is 342 g/mol. The Morgan fingerprint density at radius 1 is 1.28 bits per heavy atom. The molecule has 0 bridgehead atoms. The van der Waals surface area contributed by atoms with E-state index < -0.39 is 10.0 Å². The number of hydrogen-bond donors (Lipinski definition) is 1. The number of sulfonamides is 1. The van der Waals surface area contributed by atoms with Crippen molar-refractivity contribution in [2.75, 3.05) is 20.7 Å². The fraction of sp³-hybridized carbons (Fsp3) is 0.294. The van der Waals surface area contributed by atoms with Crippen LogP contribution in [0, 0.1) is 6.92 Å². The van der Waals surface area contributed by atoms with Crippen molar-refractivity contribution in [1.29, 1.82) is 0 Å². The molecule has 25 heavy (non-hydrogen) atoms. The Labute approximate surface area is 147 Å². The van der Waals surface area contributed by atoms with Crippen LogP contribution in [-0.2, 0) is 21.4 Å². The highest BCUT2D eigenvalue weighted by molar-refractivity contribution is 7.89. The third kappa shape index (κ3) is 5.27. The summed E-state index contributed by atoms with van der Waals surface area (Å²) in [6, 6.07) is 8.06. The minimum Gasteiger partial charge on any atom is -0.483 e. The van der Waals surface area contributed by atoms with Crippen molar-refractivity contribution >= 4 is 15.9 Å². The Kier molecular flexibility index (Phi) is 6.11. The second-order valence-electron chi connectivity index (χ2n) is 5.69. The molecule has 0 aliphatic carbocycles. The van der Waals surface area contributed by atoms with Crippen molar-refractivity contribution in [1.82, 2.24) is 14.6 Å². The summed E-state index contributed by atoms with van der Waals surface area (Å²) in [5.74, 6) is 0.302. The lowest BCUT2D eigenvalue weighted by Crippen LogP contribution is -2.27. The molecule has 1 aromatic heterocycles. The lowest BCUT2D eigenvalue weighted by molar-refractivity contribution is -0.130. The number of nitrogens with zero attached hydrogens (tertiary/aromatic N) is 2. The van der Waals surface area contributed by atoms with Crippen molar-refractivity contribution in [2.45, 2.75) is 18.4 Å². The summed E-state index contributed by atoms with van der Waals surface area (Å²) in [7, 11) is -0.369. The molecule has 8 heteroatoms. The van der Waals surface area contributed by atoms with Crippen LogP contribution >= 0.6 is 0 Å². The van der Waals surface area contributed by atoms with Gasteiger partial charge in [0.1, 0.15) is 5.75 Å². The molecule has 134 valence electrons. The van der Waals surface area contributed by atoms with E-state index in [1.165, 1.54) is 17.0 Å². The largest absolute Gasteiger partial charge is 0.483 e. The van der Waals surface area contributed by atoms with Crippen molar-refractivity contribution in [3.8, 4) is 5.75 Å². The van der Waals surface area contributed by atoms with Crippen LogP contribution in [0.15, 0.2) is 47.6 Å². The fourth-order valence-corrected chi connectivity index (χ4v) is 3.09. The van der Waals surface area contributed by atoms with Gasteiger partial charge in [0.25, 0.3) is 5.91 Å². The summed E-state index contributed by atoms with van der Waals surface area (Å²) < 4.78 is 32.8. The van der Waals surface area contributed by atoms with Gasteiger partial charge in [-0.1, -0.05) is 6.07 Å². The summed E-state index contributed by atoms with van der Waals surface area (Å²) in [5.41, 5.74) is 1.40. The smallest absolute Gasteiger partial charge is 0.259 e. The number of carbonyl (C=O) groups excluding carboxylic acids is 1. The van der Waals surface area contributed by atoms with Gasteiger partial charge in [0, 0.05) is 33.0 Å². The van der Waals surface area contributed by atoms with Gasteiger partial charge in [-0.25, -0.2) is 13.1 Å². The van der Waals surface area contributed by atoms with Crippen molar-refractivity contribution in [3.63, 3.8) is 0 Å². The van der Waals surface area contributed by atoms with Crippen LogP contribution < -0.4 is 9.46 Å². The summed E-state index contributed by atoms with van der Waals surface area (Å²) in [4.78, 5) is 17.1. The monoisotopic (exact) mass is 363 g/mol. The molecule has 0 atom stereocenters. The molecule has 0 fully saturated rings. The molecule has 7 nitrogen and oxygen atoms in total. The molecule has 0 aliphatic rings. The molecule has 0 radical (unpaired) electrons. The standard InChI is InChI=1S/C17H21N3O4S/c1-13-9-15(6-7-16(13)24-12-17(21)20(2)3)25(22,23)19-11-14-5-4-8-18-10-14/h4-10,19H,11-12H2,1-3H3. The van der Waals surface area contributed by atoms with E-state index in [-0.39, 0.29) is 24.0 Å². The highest BCUT2D eigenvalue weighted by Crippen LogP contribution is 2.22. The molecule has 2 aromatic rings.